The fraction of sp³-hybridized carbons (Fsp3) is 0.323. The quantitative estimate of drug-likeness (QED) is 0.227. The average molecular weight is 565 g/mol. The summed E-state index contributed by atoms with van der Waals surface area (Å²) in [6.07, 6.45) is 7.71. The number of hydrogen-bond acceptors (Lipinski definition) is 8. The Morgan fingerprint density at radius 3 is 2.48 bits per heavy atom. The first kappa shape index (κ1) is 27.2. The molecular weight excluding hydrogens is 532 g/mol. The molecule has 2 aromatic carbocycles. The second-order valence-corrected chi connectivity index (χ2v) is 10.7. The number of imidazole rings is 1. The number of benzene rings is 2. The van der Waals surface area contributed by atoms with E-state index < -0.39 is 0 Å². The van der Waals surface area contributed by atoms with Crippen LogP contribution in [0, 0.1) is 11.3 Å². The van der Waals surface area contributed by atoms with Gasteiger partial charge in [-0.2, -0.15) is 5.26 Å². The standard InChI is InChI=1S/C31H32N8O3/c32-18-20(17-22-5-4-16-34-22)30(40)37-21-8-10-24(11-9-21)39-29-27(28(33)35-19-36-29)38(31(39)41)23-12-14-26(15-13-23)42-25-6-2-1-3-7-25/h1-3,6-7,12-15,17,19,21-22,24,34H,4-5,8-11,16H2,(H,37,40)(H2,33,35,36). The van der Waals surface area contributed by atoms with Gasteiger partial charge in [0.25, 0.3) is 5.91 Å². The molecule has 2 aliphatic rings. The minimum Gasteiger partial charge on any atom is -0.457 e. The normalized spacial score (nSPS) is 20.7. The first-order chi connectivity index (χ1) is 20.5. The molecule has 6 rings (SSSR count). The van der Waals surface area contributed by atoms with Crippen molar-refractivity contribution in [2.75, 3.05) is 12.3 Å². The average Bonchev–Trinajstić information content (AvgIpc) is 3.63. The third kappa shape index (κ3) is 5.49. The van der Waals surface area contributed by atoms with E-state index in [9.17, 15) is 14.9 Å². The van der Waals surface area contributed by atoms with Crippen LogP contribution in [0.2, 0.25) is 0 Å². The van der Waals surface area contributed by atoms with Gasteiger partial charge in [-0.05, 0) is 87.5 Å². The molecule has 214 valence electrons. The third-order valence-corrected chi connectivity index (χ3v) is 7.98. The highest BCUT2D eigenvalue weighted by Gasteiger charge is 2.29. The van der Waals surface area contributed by atoms with Gasteiger partial charge in [0.1, 0.15) is 35.0 Å². The molecule has 42 heavy (non-hydrogen) atoms. The Bertz CT molecular complexity index is 1710. The maximum Gasteiger partial charge on any atom is 0.335 e. The molecule has 3 heterocycles. The summed E-state index contributed by atoms with van der Waals surface area (Å²) in [4.78, 5) is 35.3. The van der Waals surface area contributed by atoms with Crippen LogP contribution in [0.15, 0.2) is 77.4 Å². The molecule has 11 heteroatoms. The number of carbonyl (C=O) groups is 1. The zero-order valence-electron chi connectivity index (χ0n) is 23.1. The molecule has 2 aromatic heterocycles. The predicted molar refractivity (Wildman–Crippen MR) is 158 cm³/mol. The Morgan fingerprint density at radius 2 is 1.79 bits per heavy atom. The predicted octanol–water partition coefficient (Wildman–Crippen LogP) is 3.76. The van der Waals surface area contributed by atoms with Gasteiger partial charge in [-0.3, -0.25) is 13.9 Å². The van der Waals surface area contributed by atoms with E-state index in [1.54, 1.807) is 27.3 Å². The lowest BCUT2D eigenvalue weighted by Crippen LogP contribution is -2.40. The van der Waals surface area contributed by atoms with Gasteiger partial charge in [0, 0.05) is 18.1 Å². The summed E-state index contributed by atoms with van der Waals surface area (Å²) in [5, 5.41) is 15.8. The van der Waals surface area contributed by atoms with Gasteiger partial charge in [-0.1, -0.05) is 18.2 Å². The number of nitrogens with one attached hydrogen (secondary N) is 2. The Labute approximate surface area is 242 Å². The van der Waals surface area contributed by atoms with Crippen LogP contribution in [-0.4, -0.2) is 43.6 Å². The highest BCUT2D eigenvalue weighted by molar-refractivity contribution is 5.97. The lowest BCUT2D eigenvalue weighted by molar-refractivity contribution is -0.118. The maximum atomic E-state index is 13.9. The van der Waals surface area contributed by atoms with Gasteiger partial charge in [-0.25, -0.2) is 14.8 Å². The first-order valence-electron chi connectivity index (χ1n) is 14.2. The molecule has 1 atom stereocenters. The van der Waals surface area contributed by atoms with Crippen LogP contribution in [0.25, 0.3) is 16.9 Å². The molecule has 4 N–H and O–H groups in total. The fourth-order valence-corrected chi connectivity index (χ4v) is 5.88. The molecular formula is C31H32N8O3. The number of nitrogens with two attached hydrogens (primary N) is 1. The molecule has 1 saturated carbocycles. The number of hydrogen-bond donors (Lipinski definition) is 3. The van der Waals surface area contributed by atoms with Gasteiger partial charge in [0.05, 0.1) is 5.69 Å². The van der Waals surface area contributed by atoms with E-state index in [-0.39, 0.29) is 41.1 Å². The summed E-state index contributed by atoms with van der Waals surface area (Å²) >= 11 is 0. The number of fused-ring (bicyclic) bond motifs is 1. The SMILES string of the molecule is N#CC(=CC1CCCN1)C(=O)NC1CCC(n2c(=O)n(-c3ccc(Oc4ccccc4)cc3)c3c(N)ncnc32)CC1. The third-order valence-electron chi connectivity index (χ3n) is 7.98. The zero-order chi connectivity index (χ0) is 29.1. The van der Waals surface area contributed by atoms with Gasteiger partial charge >= 0.3 is 5.69 Å². The second-order valence-electron chi connectivity index (χ2n) is 10.7. The van der Waals surface area contributed by atoms with E-state index in [1.165, 1.54) is 6.33 Å². The number of rotatable bonds is 7. The van der Waals surface area contributed by atoms with Crippen molar-refractivity contribution in [3.8, 4) is 23.3 Å². The summed E-state index contributed by atoms with van der Waals surface area (Å²) in [5.74, 6) is 1.23. The Hall–Kier alpha value is -4.95. The summed E-state index contributed by atoms with van der Waals surface area (Å²) < 4.78 is 9.16. The largest absolute Gasteiger partial charge is 0.457 e. The van der Waals surface area contributed by atoms with E-state index in [1.807, 2.05) is 48.5 Å². The summed E-state index contributed by atoms with van der Waals surface area (Å²) in [6.45, 7) is 0.895. The van der Waals surface area contributed by atoms with E-state index in [2.05, 4.69) is 20.6 Å². The Balaban J connectivity index is 1.21. The van der Waals surface area contributed by atoms with Crippen LogP contribution in [-0.2, 0) is 4.79 Å². The molecule has 1 aliphatic carbocycles. The van der Waals surface area contributed by atoms with Crippen LogP contribution >= 0.6 is 0 Å². The van der Waals surface area contributed by atoms with Gasteiger partial charge in [0.2, 0.25) is 0 Å². The maximum absolute atomic E-state index is 13.9. The van der Waals surface area contributed by atoms with Crippen LogP contribution in [0.3, 0.4) is 0 Å². The van der Waals surface area contributed by atoms with Crippen molar-refractivity contribution >= 4 is 22.9 Å². The molecule has 0 bridgehead atoms. The number of amides is 1. The minimum absolute atomic E-state index is 0.0624. The van der Waals surface area contributed by atoms with E-state index in [0.717, 1.165) is 19.4 Å². The summed E-state index contributed by atoms with van der Waals surface area (Å²) in [7, 11) is 0. The number of nitrogens with zero attached hydrogens (tertiary/aromatic N) is 5. The number of nitriles is 1. The van der Waals surface area contributed by atoms with Crippen molar-refractivity contribution in [3.05, 3.63) is 83.1 Å². The van der Waals surface area contributed by atoms with Gasteiger partial charge in [-0.15, -0.1) is 0 Å². The number of nitrogen functional groups attached to an aromatic ring is 1. The van der Waals surface area contributed by atoms with Crippen molar-refractivity contribution in [1.29, 1.82) is 5.26 Å². The monoisotopic (exact) mass is 564 g/mol. The van der Waals surface area contributed by atoms with Crippen LogP contribution in [0.4, 0.5) is 5.82 Å². The number of carbonyl (C=O) groups excluding carboxylic acids is 1. The highest BCUT2D eigenvalue weighted by atomic mass is 16.5. The molecule has 1 unspecified atom stereocenters. The van der Waals surface area contributed by atoms with E-state index in [0.29, 0.717) is 54.0 Å². The van der Waals surface area contributed by atoms with E-state index >= 15 is 0 Å². The number of ether oxygens (including phenoxy) is 1. The van der Waals surface area contributed by atoms with Crippen molar-refractivity contribution in [2.45, 2.75) is 56.7 Å². The molecule has 4 aromatic rings. The van der Waals surface area contributed by atoms with E-state index in [4.69, 9.17) is 10.5 Å². The Kier molecular flexibility index (Phi) is 7.70. The Morgan fingerprint density at radius 1 is 1.05 bits per heavy atom. The summed E-state index contributed by atoms with van der Waals surface area (Å²) in [5.41, 5.74) is 7.73. The van der Waals surface area contributed by atoms with Crippen molar-refractivity contribution in [3.63, 3.8) is 0 Å². The first-order valence-corrected chi connectivity index (χ1v) is 14.2. The van der Waals surface area contributed by atoms with Gasteiger partial charge < -0.3 is 21.1 Å². The van der Waals surface area contributed by atoms with Crippen LogP contribution in [0.5, 0.6) is 11.5 Å². The van der Waals surface area contributed by atoms with Crippen molar-refractivity contribution < 1.29 is 9.53 Å². The zero-order valence-corrected chi connectivity index (χ0v) is 23.1. The molecule has 2 fully saturated rings. The molecule has 1 saturated heterocycles. The van der Waals surface area contributed by atoms with Crippen molar-refractivity contribution in [2.24, 2.45) is 0 Å². The lowest BCUT2D eigenvalue weighted by atomic mass is 9.90. The van der Waals surface area contributed by atoms with Gasteiger partial charge in [0.15, 0.2) is 11.5 Å². The molecule has 0 radical (unpaired) electrons. The lowest BCUT2D eigenvalue weighted by Gasteiger charge is -2.29. The van der Waals surface area contributed by atoms with Crippen molar-refractivity contribution in [1.82, 2.24) is 29.7 Å². The topological polar surface area (TPSA) is 153 Å². The smallest absolute Gasteiger partial charge is 0.335 e. The number of anilines is 1. The summed E-state index contributed by atoms with van der Waals surface area (Å²) in [6, 6.07) is 18.6. The minimum atomic E-state index is -0.344. The molecule has 1 aliphatic heterocycles. The molecule has 0 spiro atoms. The van der Waals surface area contributed by atoms with Crippen LogP contribution < -0.4 is 26.8 Å². The second kappa shape index (κ2) is 11.9. The van der Waals surface area contributed by atoms with Crippen LogP contribution in [0.1, 0.15) is 44.6 Å². The number of aromatic nitrogens is 4. The number of para-hydroxylation sites is 1. The molecule has 11 nitrogen and oxygen atoms in total. The highest BCUT2D eigenvalue weighted by Crippen LogP contribution is 2.32. The fourth-order valence-electron chi connectivity index (χ4n) is 5.88. The molecule has 1 amide bonds.